The minimum atomic E-state index is -1.06. The van der Waals surface area contributed by atoms with Crippen LogP contribution in [0.15, 0.2) is 0 Å². The van der Waals surface area contributed by atoms with Crippen LogP contribution in [0.3, 0.4) is 0 Å². The minimum Gasteiger partial charge on any atom is -0.481 e. The molecule has 0 saturated carbocycles. The van der Waals surface area contributed by atoms with Crippen molar-refractivity contribution in [2.24, 2.45) is 0 Å². The molecule has 0 aliphatic carbocycles. The Hall–Kier alpha value is 0.0231. The summed E-state index contributed by atoms with van der Waals surface area (Å²) in [6.45, 7) is 21.2. The van der Waals surface area contributed by atoms with Crippen LogP contribution in [-0.4, -0.2) is 16.9 Å². The SMILES string of the molecule is CC(=O)CC(=O)O.[CH2-]C.[CH2-]C.[CH2-]C.[CH2-]C.[Zr+4]. The maximum absolute atomic E-state index is 9.87. The topological polar surface area (TPSA) is 54.4 Å². The summed E-state index contributed by atoms with van der Waals surface area (Å²) >= 11 is 0. The smallest absolute Gasteiger partial charge is 0.481 e. The van der Waals surface area contributed by atoms with E-state index < -0.39 is 5.97 Å². The molecule has 0 radical (unpaired) electrons. The number of aliphatic carboxylic acids is 1. The van der Waals surface area contributed by atoms with E-state index in [1.54, 1.807) is 27.7 Å². The first-order chi connectivity index (χ1) is 7.13. The van der Waals surface area contributed by atoms with Crippen molar-refractivity contribution in [1.82, 2.24) is 0 Å². The molecule has 0 atom stereocenters. The average molecular weight is 310 g/mol. The Balaban J connectivity index is -0.0000000238. The predicted octanol–water partition coefficient (Wildman–Crippen LogP) is 3.41. The molecule has 0 aromatic heterocycles. The van der Waals surface area contributed by atoms with Crippen molar-refractivity contribution in [3.8, 4) is 0 Å². The molecule has 0 rings (SSSR count). The van der Waals surface area contributed by atoms with E-state index in [4.69, 9.17) is 5.11 Å². The average Bonchev–Trinajstić information content (AvgIpc) is 2.27. The molecule has 0 unspecified atom stereocenters. The van der Waals surface area contributed by atoms with Crippen LogP contribution in [0.5, 0.6) is 0 Å². The number of rotatable bonds is 2. The van der Waals surface area contributed by atoms with Gasteiger partial charge in [0.25, 0.3) is 0 Å². The van der Waals surface area contributed by atoms with Crippen LogP contribution in [0.25, 0.3) is 0 Å². The van der Waals surface area contributed by atoms with Gasteiger partial charge in [0.05, 0.1) is 0 Å². The first-order valence-corrected chi connectivity index (χ1v) is 4.67. The van der Waals surface area contributed by atoms with E-state index in [1.807, 2.05) is 0 Å². The van der Waals surface area contributed by atoms with Gasteiger partial charge in [0.1, 0.15) is 12.2 Å². The molecule has 0 aromatic carbocycles. The molecule has 4 heteroatoms. The molecule has 1 N–H and O–H groups in total. The van der Waals surface area contributed by atoms with Crippen LogP contribution < -0.4 is 0 Å². The summed E-state index contributed by atoms with van der Waals surface area (Å²) in [7, 11) is 0. The molecule has 0 saturated heterocycles. The molecule has 0 aliphatic rings. The number of hydrogen-bond donors (Lipinski definition) is 1. The van der Waals surface area contributed by atoms with Crippen molar-refractivity contribution in [3.63, 3.8) is 0 Å². The summed E-state index contributed by atoms with van der Waals surface area (Å²) in [5, 5.41) is 7.86. The summed E-state index contributed by atoms with van der Waals surface area (Å²) in [4.78, 5) is 19.5. The van der Waals surface area contributed by atoms with Gasteiger partial charge in [-0.3, -0.25) is 9.59 Å². The minimum absolute atomic E-state index is 0. The van der Waals surface area contributed by atoms with Gasteiger partial charge in [-0.15, -0.1) is 0 Å². The molecule has 0 spiro atoms. The second kappa shape index (κ2) is 59.9. The first-order valence-electron chi connectivity index (χ1n) is 4.67. The Morgan fingerprint density at radius 2 is 1.06 bits per heavy atom. The van der Waals surface area contributed by atoms with Gasteiger partial charge >= 0.3 is 32.2 Å². The van der Waals surface area contributed by atoms with Crippen molar-refractivity contribution < 1.29 is 40.9 Å². The third-order valence-corrected chi connectivity index (χ3v) is 0.400. The van der Waals surface area contributed by atoms with Crippen LogP contribution in [0, 0.1) is 27.7 Å². The van der Waals surface area contributed by atoms with Gasteiger partial charge in [0, 0.05) is 0 Å². The predicted molar refractivity (Wildman–Crippen MR) is 67.1 cm³/mol. The Morgan fingerprint density at radius 3 is 1.06 bits per heavy atom. The Kier molecular flexibility index (Phi) is 135. The van der Waals surface area contributed by atoms with Crippen LogP contribution >= 0.6 is 0 Å². The fraction of sp³-hybridized carbons (Fsp3) is 0.500. The first kappa shape index (κ1) is 36.0. The zero-order valence-corrected chi connectivity index (χ0v) is 13.8. The zero-order chi connectivity index (χ0) is 13.9. The Labute approximate surface area is 121 Å². The van der Waals surface area contributed by atoms with Crippen molar-refractivity contribution >= 4 is 11.8 Å². The summed E-state index contributed by atoms with van der Waals surface area (Å²) in [6, 6.07) is 0. The van der Waals surface area contributed by atoms with E-state index in [0.29, 0.717) is 0 Å². The number of ketones is 1. The third kappa shape index (κ3) is 147. The van der Waals surface area contributed by atoms with E-state index in [9.17, 15) is 9.59 Å². The molecule has 3 nitrogen and oxygen atoms in total. The largest absolute Gasteiger partial charge is 4.00 e. The number of carbonyl (C=O) groups is 2. The molecule has 0 fully saturated rings. The van der Waals surface area contributed by atoms with Crippen LogP contribution in [0.1, 0.15) is 41.0 Å². The Bertz CT molecular complexity index is 92.4. The standard InChI is InChI=1S/C4H6O3.4C2H5.Zr/c1-3(5)2-4(6)7;4*1-2;/h2H2,1H3,(H,6,7);4*1H2,2H3;/q;4*-1;+4. The number of hydrogen-bond acceptors (Lipinski definition) is 2. The van der Waals surface area contributed by atoms with E-state index >= 15 is 0 Å². The number of carboxylic acid groups (broad SMARTS) is 1. The summed E-state index contributed by atoms with van der Waals surface area (Å²) in [5.74, 6) is -1.37. The van der Waals surface area contributed by atoms with Crippen molar-refractivity contribution in [2.45, 2.75) is 41.0 Å². The molecule has 16 heavy (non-hydrogen) atoms. The van der Waals surface area contributed by atoms with Gasteiger partial charge in [-0.1, -0.05) is 0 Å². The second-order valence-corrected chi connectivity index (χ2v) is 1.27. The van der Waals surface area contributed by atoms with Crippen molar-refractivity contribution in [3.05, 3.63) is 27.7 Å². The van der Waals surface area contributed by atoms with Crippen LogP contribution in [0.4, 0.5) is 0 Å². The molecular formula is C12H26O3Zr. The number of carboxylic acids is 1. The molecule has 0 aliphatic heterocycles. The van der Waals surface area contributed by atoms with E-state index in [-0.39, 0.29) is 38.4 Å². The van der Waals surface area contributed by atoms with Gasteiger partial charge in [-0.25, -0.2) is 0 Å². The fourth-order valence-electron chi connectivity index (χ4n) is 0.213. The molecule has 0 amide bonds. The summed E-state index contributed by atoms with van der Waals surface area (Å²) in [5.41, 5.74) is 0. The molecule has 96 valence electrons. The van der Waals surface area contributed by atoms with Crippen molar-refractivity contribution in [1.29, 1.82) is 0 Å². The maximum atomic E-state index is 9.87. The summed E-state index contributed by atoms with van der Waals surface area (Å²) in [6.07, 6.45) is -0.361. The van der Waals surface area contributed by atoms with E-state index in [2.05, 4.69) is 27.7 Å². The van der Waals surface area contributed by atoms with Gasteiger partial charge in [-0.2, -0.15) is 27.7 Å². The maximum Gasteiger partial charge on any atom is 4.00 e. The van der Waals surface area contributed by atoms with Crippen LogP contribution in [-0.2, 0) is 35.8 Å². The van der Waals surface area contributed by atoms with Crippen LogP contribution in [0.2, 0.25) is 0 Å². The fourth-order valence-corrected chi connectivity index (χ4v) is 0.213. The quantitative estimate of drug-likeness (QED) is 0.628. The molecule has 0 aromatic rings. The zero-order valence-electron chi connectivity index (χ0n) is 11.3. The van der Waals surface area contributed by atoms with E-state index in [1.165, 1.54) is 6.92 Å². The van der Waals surface area contributed by atoms with E-state index in [0.717, 1.165) is 0 Å². The second-order valence-electron chi connectivity index (χ2n) is 1.27. The third-order valence-electron chi connectivity index (χ3n) is 0.400. The Morgan fingerprint density at radius 1 is 0.875 bits per heavy atom. The normalized spacial score (nSPS) is 5.06. The van der Waals surface area contributed by atoms with Crippen molar-refractivity contribution in [2.75, 3.05) is 0 Å². The number of carbonyl (C=O) groups excluding carboxylic acids is 1. The van der Waals surface area contributed by atoms with Gasteiger partial charge < -0.3 is 32.8 Å². The van der Waals surface area contributed by atoms with Gasteiger partial charge in [0.15, 0.2) is 0 Å². The molecule has 0 bridgehead atoms. The van der Waals surface area contributed by atoms with Gasteiger partial charge in [0.2, 0.25) is 0 Å². The molecular weight excluding hydrogens is 283 g/mol. The number of Topliss-reactive ketones (excluding diaryl/α,β-unsaturated/α-hetero) is 1. The van der Waals surface area contributed by atoms with Gasteiger partial charge in [-0.05, 0) is 6.92 Å². The molecule has 0 heterocycles. The monoisotopic (exact) mass is 308 g/mol. The summed E-state index contributed by atoms with van der Waals surface area (Å²) < 4.78 is 0.